The summed E-state index contributed by atoms with van der Waals surface area (Å²) in [5.41, 5.74) is 1.10. The second kappa shape index (κ2) is 5.77. The quantitative estimate of drug-likeness (QED) is 0.843. The molecule has 1 N–H and O–H groups in total. The number of nitrogens with zero attached hydrogens (tertiary/aromatic N) is 4. The molecule has 0 aromatic carbocycles. The van der Waals surface area contributed by atoms with Gasteiger partial charge in [0, 0.05) is 24.9 Å². The standard InChI is InChI=1S/C12H19N5O/c1-4-11-15-16-12(18-11)8-17(5-2)7-10-6-13-9(3)14-10/h6H,4-5,7-8H2,1-3H3,(H,13,14). The average Bonchev–Trinajstić information content (AvgIpc) is 2.97. The van der Waals surface area contributed by atoms with Gasteiger partial charge < -0.3 is 9.40 Å². The highest BCUT2D eigenvalue weighted by atomic mass is 16.4. The van der Waals surface area contributed by atoms with Gasteiger partial charge in [0.25, 0.3) is 0 Å². The number of nitrogens with one attached hydrogen (secondary N) is 1. The van der Waals surface area contributed by atoms with Gasteiger partial charge in [0.15, 0.2) is 0 Å². The number of H-pyrrole nitrogens is 1. The lowest BCUT2D eigenvalue weighted by Crippen LogP contribution is -2.22. The SMILES string of the molecule is CCc1nnc(CN(CC)Cc2cnc(C)[nH]2)o1. The molecule has 0 amide bonds. The van der Waals surface area contributed by atoms with E-state index in [0.29, 0.717) is 18.3 Å². The fourth-order valence-corrected chi connectivity index (χ4v) is 1.76. The van der Waals surface area contributed by atoms with Crippen molar-refractivity contribution in [2.24, 2.45) is 0 Å². The third kappa shape index (κ3) is 3.16. The van der Waals surface area contributed by atoms with Gasteiger partial charge in [-0.1, -0.05) is 13.8 Å². The van der Waals surface area contributed by atoms with Gasteiger partial charge in [-0.2, -0.15) is 0 Å². The predicted molar refractivity (Wildman–Crippen MR) is 66.8 cm³/mol. The first kappa shape index (κ1) is 12.8. The molecule has 98 valence electrons. The number of hydrogen-bond acceptors (Lipinski definition) is 5. The number of aromatic nitrogens is 4. The lowest BCUT2D eigenvalue weighted by atomic mass is 10.4. The molecule has 0 atom stereocenters. The molecule has 0 aliphatic heterocycles. The monoisotopic (exact) mass is 249 g/mol. The Morgan fingerprint density at radius 1 is 1.22 bits per heavy atom. The van der Waals surface area contributed by atoms with Gasteiger partial charge in [-0.05, 0) is 13.5 Å². The normalized spacial score (nSPS) is 11.3. The molecule has 0 bridgehead atoms. The smallest absolute Gasteiger partial charge is 0.230 e. The molecular formula is C12H19N5O. The first-order valence-electron chi connectivity index (χ1n) is 6.25. The average molecular weight is 249 g/mol. The van der Waals surface area contributed by atoms with Gasteiger partial charge in [-0.15, -0.1) is 10.2 Å². The van der Waals surface area contributed by atoms with Crippen molar-refractivity contribution in [3.05, 3.63) is 29.5 Å². The van der Waals surface area contributed by atoms with E-state index < -0.39 is 0 Å². The Hall–Kier alpha value is -1.69. The minimum atomic E-state index is 0.668. The maximum atomic E-state index is 5.52. The van der Waals surface area contributed by atoms with Crippen LogP contribution in [0.25, 0.3) is 0 Å². The van der Waals surface area contributed by atoms with Crippen LogP contribution in [0, 0.1) is 6.92 Å². The number of rotatable bonds is 6. The largest absolute Gasteiger partial charge is 0.424 e. The molecule has 0 aliphatic carbocycles. The maximum Gasteiger partial charge on any atom is 0.230 e. The van der Waals surface area contributed by atoms with E-state index in [1.165, 1.54) is 0 Å². The summed E-state index contributed by atoms with van der Waals surface area (Å²) in [7, 11) is 0. The predicted octanol–water partition coefficient (Wildman–Crippen LogP) is 1.69. The van der Waals surface area contributed by atoms with Crippen LogP contribution in [0.15, 0.2) is 10.6 Å². The summed E-state index contributed by atoms with van der Waals surface area (Å²) in [5, 5.41) is 8.01. The Bertz CT molecular complexity index is 490. The Morgan fingerprint density at radius 2 is 2.00 bits per heavy atom. The van der Waals surface area contributed by atoms with Crippen molar-refractivity contribution in [3.8, 4) is 0 Å². The van der Waals surface area contributed by atoms with Crippen LogP contribution in [0.5, 0.6) is 0 Å². The fourth-order valence-electron chi connectivity index (χ4n) is 1.76. The van der Waals surface area contributed by atoms with E-state index in [9.17, 15) is 0 Å². The van der Waals surface area contributed by atoms with Gasteiger partial charge in [-0.3, -0.25) is 4.90 Å². The molecule has 2 aromatic rings. The molecule has 2 aromatic heterocycles. The highest BCUT2D eigenvalue weighted by Gasteiger charge is 2.11. The van der Waals surface area contributed by atoms with Crippen molar-refractivity contribution in [2.45, 2.75) is 40.3 Å². The molecule has 0 spiro atoms. The van der Waals surface area contributed by atoms with E-state index >= 15 is 0 Å². The van der Waals surface area contributed by atoms with E-state index in [4.69, 9.17) is 4.42 Å². The fraction of sp³-hybridized carbons (Fsp3) is 0.583. The van der Waals surface area contributed by atoms with Crippen molar-refractivity contribution >= 4 is 0 Å². The Balaban J connectivity index is 1.96. The zero-order valence-corrected chi connectivity index (χ0v) is 11.1. The third-order valence-corrected chi connectivity index (χ3v) is 2.77. The molecule has 0 unspecified atom stereocenters. The number of aryl methyl sites for hydroxylation is 2. The number of hydrogen-bond donors (Lipinski definition) is 1. The van der Waals surface area contributed by atoms with Gasteiger partial charge in [0.1, 0.15) is 5.82 Å². The van der Waals surface area contributed by atoms with E-state index in [1.807, 2.05) is 20.0 Å². The first-order chi connectivity index (χ1) is 8.71. The van der Waals surface area contributed by atoms with Crippen LogP contribution in [0.1, 0.15) is 37.1 Å². The number of imidazole rings is 1. The van der Waals surface area contributed by atoms with Crippen molar-refractivity contribution in [1.29, 1.82) is 0 Å². The second-order valence-electron chi connectivity index (χ2n) is 4.24. The van der Waals surface area contributed by atoms with Gasteiger partial charge in [0.2, 0.25) is 11.8 Å². The van der Waals surface area contributed by atoms with Crippen molar-refractivity contribution in [2.75, 3.05) is 6.54 Å². The molecule has 6 nitrogen and oxygen atoms in total. The van der Waals surface area contributed by atoms with Crippen LogP contribution in [-0.4, -0.2) is 31.6 Å². The Kier molecular flexibility index (Phi) is 4.09. The van der Waals surface area contributed by atoms with Crippen LogP contribution in [0.4, 0.5) is 0 Å². The van der Waals surface area contributed by atoms with E-state index in [1.54, 1.807) is 0 Å². The highest BCUT2D eigenvalue weighted by Crippen LogP contribution is 2.08. The summed E-state index contributed by atoms with van der Waals surface area (Å²) in [4.78, 5) is 9.64. The first-order valence-corrected chi connectivity index (χ1v) is 6.25. The van der Waals surface area contributed by atoms with Crippen molar-refractivity contribution < 1.29 is 4.42 Å². The summed E-state index contributed by atoms with van der Waals surface area (Å²) in [6.45, 7) is 8.46. The van der Waals surface area contributed by atoms with E-state index in [2.05, 4.69) is 32.0 Å². The molecule has 0 radical (unpaired) electrons. The minimum Gasteiger partial charge on any atom is -0.424 e. The maximum absolute atomic E-state index is 5.52. The lowest BCUT2D eigenvalue weighted by Gasteiger charge is -2.16. The van der Waals surface area contributed by atoms with E-state index in [0.717, 1.165) is 31.0 Å². The molecule has 2 heterocycles. The molecule has 0 saturated carbocycles. The molecular weight excluding hydrogens is 230 g/mol. The lowest BCUT2D eigenvalue weighted by molar-refractivity contribution is 0.238. The summed E-state index contributed by atoms with van der Waals surface area (Å²) >= 11 is 0. The molecule has 0 aliphatic rings. The Morgan fingerprint density at radius 3 is 2.56 bits per heavy atom. The molecule has 2 rings (SSSR count). The van der Waals surface area contributed by atoms with Gasteiger partial charge >= 0.3 is 0 Å². The van der Waals surface area contributed by atoms with E-state index in [-0.39, 0.29) is 0 Å². The molecule has 0 fully saturated rings. The summed E-state index contributed by atoms with van der Waals surface area (Å²) in [6.07, 6.45) is 2.64. The molecule has 6 heteroatoms. The molecule has 0 saturated heterocycles. The minimum absolute atomic E-state index is 0.668. The summed E-state index contributed by atoms with van der Waals surface area (Å²) in [5.74, 6) is 2.30. The van der Waals surface area contributed by atoms with Crippen LogP contribution in [0.2, 0.25) is 0 Å². The second-order valence-corrected chi connectivity index (χ2v) is 4.24. The van der Waals surface area contributed by atoms with Crippen molar-refractivity contribution in [1.82, 2.24) is 25.1 Å². The van der Waals surface area contributed by atoms with Gasteiger partial charge in [0.05, 0.1) is 6.54 Å². The topological polar surface area (TPSA) is 70.8 Å². The van der Waals surface area contributed by atoms with Crippen molar-refractivity contribution in [3.63, 3.8) is 0 Å². The summed E-state index contributed by atoms with van der Waals surface area (Å²) in [6, 6.07) is 0. The number of aromatic amines is 1. The summed E-state index contributed by atoms with van der Waals surface area (Å²) < 4.78 is 5.52. The Labute approximate surface area is 106 Å². The van der Waals surface area contributed by atoms with Crippen LogP contribution in [0.3, 0.4) is 0 Å². The molecule has 18 heavy (non-hydrogen) atoms. The van der Waals surface area contributed by atoms with Gasteiger partial charge in [-0.25, -0.2) is 4.98 Å². The van der Waals surface area contributed by atoms with Crippen LogP contribution < -0.4 is 0 Å². The van der Waals surface area contributed by atoms with Crippen LogP contribution in [-0.2, 0) is 19.5 Å². The zero-order valence-electron chi connectivity index (χ0n) is 11.1. The van der Waals surface area contributed by atoms with Crippen LogP contribution >= 0.6 is 0 Å². The zero-order chi connectivity index (χ0) is 13.0. The highest BCUT2D eigenvalue weighted by molar-refractivity contribution is 4.99. The third-order valence-electron chi connectivity index (χ3n) is 2.77.